The first-order valence-electron chi connectivity index (χ1n) is 12.5. The van der Waals surface area contributed by atoms with Crippen LogP contribution in [0.2, 0.25) is 0 Å². The molecule has 0 aliphatic heterocycles. The second kappa shape index (κ2) is 20.9. The number of hydrogen-bond donors (Lipinski definition) is 1. The molecule has 0 heterocycles. The van der Waals surface area contributed by atoms with Crippen molar-refractivity contribution in [2.24, 2.45) is 11.8 Å². The molecule has 1 N–H and O–H groups in total. The average Bonchev–Trinajstić information content (AvgIpc) is 2.68. The van der Waals surface area contributed by atoms with E-state index in [0.717, 1.165) is 25.7 Å². The van der Waals surface area contributed by atoms with Gasteiger partial charge in [-0.3, -0.25) is 13.6 Å². The van der Waals surface area contributed by atoms with Gasteiger partial charge in [-0.05, 0) is 31.6 Å². The monoisotopic (exact) mass is 451 g/mol. The maximum Gasteiger partial charge on any atom is 0.474 e. The van der Waals surface area contributed by atoms with Gasteiger partial charge in [-0.2, -0.15) is 0 Å². The van der Waals surface area contributed by atoms with Crippen molar-refractivity contribution in [1.82, 2.24) is 5.32 Å². The van der Waals surface area contributed by atoms with Crippen molar-refractivity contribution in [1.29, 1.82) is 0 Å². The second-order valence-corrected chi connectivity index (χ2v) is 10.4. The van der Waals surface area contributed by atoms with Crippen LogP contribution in [0.1, 0.15) is 114 Å². The van der Waals surface area contributed by atoms with Crippen LogP contribution >= 0.6 is 7.82 Å². The first kappa shape index (κ1) is 32.3. The highest BCUT2D eigenvalue weighted by Gasteiger charge is 2.28. The molecule has 5 nitrogen and oxygen atoms in total. The standard InChI is InChI=1S/C18H39O4P.C6H15N/c1-6-11-13-17(8-3)15-21-23(19,20-10-5)22-16-18(9-4)14-12-7-2;1-5(2)7-6(3)4/h17-18H,6-16H2,1-5H3;5-7H,1-4H3. The zero-order chi connectivity index (χ0) is 23.4. The van der Waals surface area contributed by atoms with Gasteiger partial charge in [0.1, 0.15) is 0 Å². The number of nitrogens with one attached hydrogen (secondary N) is 1. The lowest BCUT2D eigenvalue weighted by Crippen LogP contribution is -2.29. The Bertz CT molecular complexity index is 375. The van der Waals surface area contributed by atoms with Crippen molar-refractivity contribution in [3.05, 3.63) is 0 Å². The molecule has 2 atom stereocenters. The molecule has 0 radical (unpaired) electrons. The third kappa shape index (κ3) is 20.0. The molecule has 0 amide bonds. The fraction of sp³-hybridized carbons (Fsp3) is 1.00. The molecule has 0 fully saturated rings. The smallest absolute Gasteiger partial charge is 0.312 e. The van der Waals surface area contributed by atoms with E-state index >= 15 is 0 Å². The molecule has 0 aromatic heterocycles. The van der Waals surface area contributed by atoms with E-state index in [2.05, 4.69) is 60.7 Å². The summed E-state index contributed by atoms with van der Waals surface area (Å²) in [6.07, 6.45) is 8.96. The molecule has 30 heavy (non-hydrogen) atoms. The zero-order valence-corrected chi connectivity index (χ0v) is 22.6. The summed E-state index contributed by atoms with van der Waals surface area (Å²) in [7, 11) is -3.42. The van der Waals surface area contributed by atoms with Gasteiger partial charge in [-0.25, -0.2) is 4.57 Å². The van der Waals surface area contributed by atoms with Crippen LogP contribution in [0, 0.1) is 11.8 Å². The second-order valence-electron chi connectivity index (χ2n) is 8.77. The third-order valence-corrected chi connectivity index (χ3v) is 6.48. The molecule has 6 heteroatoms. The summed E-state index contributed by atoms with van der Waals surface area (Å²) in [6.45, 7) is 20.4. The molecule has 0 spiro atoms. The number of unbranched alkanes of at least 4 members (excludes halogenated alkanes) is 2. The molecule has 2 unspecified atom stereocenters. The van der Waals surface area contributed by atoms with Gasteiger partial charge in [0.15, 0.2) is 0 Å². The Morgan fingerprint density at radius 2 is 1.10 bits per heavy atom. The SMILES string of the molecule is CC(C)NC(C)C.CCCCC(CC)COP(=O)(OCC)OCC(CC)CCCC. The fourth-order valence-corrected chi connectivity index (χ4v) is 4.45. The lowest BCUT2D eigenvalue weighted by atomic mass is 10.0. The van der Waals surface area contributed by atoms with Crippen LogP contribution in [0.4, 0.5) is 0 Å². The van der Waals surface area contributed by atoms with E-state index in [-0.39, 0.29) is 0 Å². The number of phosphoric acid groups is 1. The lowest BCUT2D eigenvalue weighted by Gasteiger charge is -2.23. The summed E-state index contributed by atoms with van der Waals surface area (Å²) in [5, 5.41) is 3.31. The van der Waals surface area contributed by atoms with Crippen LogP contribution in [-0.4, -0.2) is 31.9 Å². The summed E-state index contributed by atoms with van der Waals surface area (Å²) in [4.78, 5) is 0. The van der Waals surface area contributed by atoms with Gasteiger partial charge in [0.2, 0.25) is 0 Å². The Kier molecular flexibility index (Phi) is 22.5. The van der Waals surface area contributed by atoms with Crippen LogP contribution < -0.4 is 5.32 Å². The highest BCUT2D eigenvalue weighted by Crippen LogP contribution is 2.50. The molecule has 0 bridgehead atoms. The minimum atomic E-state index is -3.42. The first-order chi connectivity index (χ1) is 14.2. The molecule has 0 saturated carbocycles. The quantitative estimate of drug-likeness (QED) is 0.214. The fourth-order valence-electron chi connectivity index (χ4n) is 3.13. The summed E-state index contributed by atoms with van der Waals surface area (Å²) in [5.74, 6) is 0.851. The van der Waals surface area contributed by atoms with Gasteiger partial charge in [0.05, 0.1) is 19.8 Å². The van der Waals surface area contributed by atoms with Crippen LogP contribution in [0.25, 0.3) is 0 Å². The lowest BCUT2D eigenvalue weighted by molar-refractivity contribution is 0.0872. The summed E-state index contributed by atoms with van der Waals surface area (Å²) < 4.78 is 29.3. The maximum absolute atomic E-state index is 12.7. The molecule has 0 aliphatic rings. The normalized spacial score (nSPS) is 15.6. The van der Waals surface area contributed by atoms with Gasteiger partial charge in [-0.1, -0.05) is 93.9 Å². The summed E-state index contributed by atoms with van der Waals surface area (Å²) in [6, 6.07) is 1.25. The Balaban J connectivity index is 0. The van der Waals surface area contributed by atoms with Crippen LogP contribution in [0.5, 0.6) is 0 Å². The molecular formula is C24H54NO4P. The van der Waals surface area contributed by atoms with Crippen molar-refractivity contribution in [3.8, 4) is 0 Å². The minimum Gasteiger partial charge on any atom is -0.312 e. The third-order valence-electron chi connectivity index (χ3n) is 4.98. The van der Waals surface area contributed by atoms with Crippen molar-refractivity contribution in [3.63, 3.8) is 0 Å². The summed E-state index contributed by atoms with van der Waals surface area (Å²) >= 11 is 0. The Morgan fingerprint density at radius 3 is 1.33 bits per heavy atom. The van der Waals surface area contributed by atoms with E-state index in [0.29, 0.717) is 43.7 Å². The highest BCUT2D eigenvalue weighted by molar-refractivity contribution is 7.48. The predicted octanol–water partition coefficient (Wildman–Crippen LogP) is 7.99. The van der Waals surface area contributed by atoms with Gasteiger partial charge >= 0.3 is 7.82 Å². The molecule has 0 aromatic carbocycles. The van der Waals surface area contributed by atoms with Crippen LogP contribution in [-0.2, 0) is 18.1 Å². The van der Waals surface area contributed by atoms with E-state index in [1.165, 1.54) is 25.7 Å². The van der Waals surface area contributed by atoms with Gasteiger partial charge in [0.25, 0.3) is 0 Å². The molecule has 0 aromatic rings. The maximum atomic E-state index is 12.7. The van der Waals surface area contributed by atoms with Crippen molar-refractivity contribution >= 4 is 7.82 Å². The molecule has 184 valence electrons. The zero-order valence-electron chi connectivity index (χ0n) is 21.7. The van der Waals surface area contributed by atoms with Gasteiger partial charge in [-0.15, -0.1) is 0 Å². The molecule has 0 aliphatic carbocycles. The van der Waals surface area contributed by atoms with Crippen molar-refractivity contribution in [2.75, 3.05) is 19.8 Å². The van der Waals surface area contributed by atoms with E-state index in [4.69, 9.17) is 13.6 Å². The van der Waals surface area contributed by atoms with E-state index in [1.807, 2.05) is 6.92 Å². The average molecular weight is 452 g/mol. The predicted molar refractivity (Wildman–Crippen MR) is 131 cm³/mol. The van der Waals surface area contributed by atoms with Crippen LogP contribution in [0.15, 0.2) is 0 Å². The Morgan fingerprint density at radius 1 is 0.700 bits per heavy atom. The largest absolute Gasteiger partial charge is 0.474 e. The van der Waals surface area contributed by atoms with Crippen molar-refractivity contribution < 1.29 is 18.1 Å². The first-order valence-corrected chi connectivity index (χ1v) is 13.9. The highest BCUT2D eigenvalue weighted by atomic mass is 31.2. The molecule has 0 rings (SSSR count). The minimum absolute atomic E-state index is 0.342. The van der Waals surface area contributed by atoms with E-state index in [9.17, 15) is 4.57 Å². The summed E-state index contributed by atoms with van der Waals surface area (Å²) in [5.41, 5.74) is 0. The topological polar surface area (TPSA) is 56.8 Å². The number of rotatable bonds is 18. The van der Waals surface area contributed by atoms with Crippen LogP contribution in [0.3, 0.4) is 0 Å². The Labute approximate surface area is 189 Å². The molecular weight excluding hydrogens is 397 g/mol. The number of hydrogen-bond acceptors (Lipinski definition) is 5. The van der Waals surface area contributed by atoms with Crippen molar-refractivity contribution in [2.45, 2.75) is 126 Å². The van der Waals surface area contributed by atoms with Gasteiger partial charge < -0.3 is 5.32 Å². The van der Waals surface area contributed by atoms with Gasteiger partial charge in [0, 0.05) is 12.1 Å². The number of phosphoric ester groups is 1. The van der Waals surface area contributed by atoms with E-state index < -0.39 is 7.82 Å². The Hall–Kier alpha value is 0.0700. The van der Waals surface area contributed by atoms with E-state index in [1.54, 1.807) is 0 Å². The molecule has 0 saturated heterocycles.